The van der Waals surface area contributed by atoms with Crippen molar-refractivity contribution in [1.29, 1.82) is 0 Å². The molecule has 0 fully saturated rings. The Bertz CT molecular complexity index is 341. The van der Waals surface area contributed by atoms with Crippen LogP contribution in [0.25, 0.3) is 0 Å². The number of ether oxygens (including phenoxy) is 2. The molecule has 0 atom stereocenters. The molecular formula is C9H10ClNO3. The van der Waals surface area contributed by atoms with Gasteiger partial charge in [-0.1, -0.05) is 11.6 Å². The van der Waals surface area contributed by atoms with Crippen LogP contribution in [0, 0.1) is 0 Å². The molecule has 0 N–H and O–H groups in total. The highest BCUT2D eigenvalue weighted by molar-refractivity contribution is 6.32. The topological polar surface area (TPSA) is 48.4 Å². The molecule has 14 heavy (non-hydrogen) atoms. The molecule has 0 bridgehead atoms. The summed E-state index contributed by atoms with van der Waals surface area (Å²) < 4.78 is 9.62. The highest BCUT2D eigenvalue weighted by Gasteiger charge is 2.12. The zero-order valence-corrected chi connectivity index (χ0v) is 8.67. The molecular weight excluding hydrogens is 206 g/mol. The van der Waals surface area contributed by atoms with Crippen molar-refractivity contribution < 1.29 is 14.3 Å². The van der Waals surface area contributed by atoms with Gasteiger partial charge in [-0.3, -0.25) is 0 Å². The Morgan fingerprint density at radius 2 is 2.29 bits per heavy atom. The number of esters is 1. The number of hydrogen-bond acceptors (Lipinski definition) is 4. The van der Waals surface area contributed by atoms with E-state index in [1.807, 2.05) is 6.92 Å². The second kappa shape index (κ2) is 4.81. The summed E-state index contributed by atoms with van der Waals surface area (Å²) in [4.78, 5) is 15.0. The average Bonchev–Trinajstić information content (AvgIpc) is 2.17. The van der Waals surface area contributed by atoms with Gasteiger partial charge in [-0.25, -0.2) is 9.78 Å². The summed E-state index contributed by atoms with van der Waals surface area (Å²) in [7, 11) is 1.29. The van der Waals surface area contributed by atoms with Gasteiger partial charge in [0.1, 0.15) is 5.15 Å². The van der Waals surface area contributed by atoms with Crippen LogP contribution in [0.5, 0.6) is 5.88 Å². The highest BCUT2D eigenvalue weighted by atomic mass is 35.5. The number of halogens is 1. The van der Waals surface area contributed by atoms with Gasteiger partial charge in [0, 0.05) is 6.07 Å². The summed E-state index contributed by atoms with van der Waals surface area (Å²) in [6.45, 7) is 2.34. The van der Waals surface area contributed by atoms with Gasteiger partial charge in [0.2, 0.25) is 5.88 Å². The summed E-state index contributed by atoms with van der Waals surface area (Å²) in [6.07, 6.45) is 0. The van der Waals surface area contributed by atoms with Crippen molar-refractivity contribution in [3.05, 3.63) is 22.8 Å². The molecule has 0 aliphatic heterocycles. The van der Waals surface area contributed by atoms with Gasteiger partial charge in [0.25, 0.3) is 0 Å². The monoisotopic (exact) mass is 215 g/mol. The summed E-state index contributed by atoms with van der Waals surface area (Å²) in [5.74, 6) is -0.115. The van der Waals surface area contributed by atoms with Gasteiger partial charge in [0.15, 0.2) is 0 Å². The van der Waals surface area contributed by atoms with Crippen molar-refractivity contribution >= 4 is 17.6 Å². The molecule has 0 spiro atoms. The van der Waals surface area contributed by atoms with Crippen LogP contribution in [0.1, 0.15) is 17.3 Å². The van der Waals surface area contributed by atoms with Crippen molar-refractivity contribution in [1.82, 2.24) is 4.98 Å². The lowest BCUT2D eigenvalue weighted by molar-refractivity contribution is 0.0600. The first-order valence-corrected chi connectivity index (χ1v) is 4.44. The molecule has 1 heterocycles. The number of aromatic nitrogens is 1. The van der Waals surface area contributed by atoms with Crippen LogP contribution in [0.2, 0.25) is 5.15 Å². The van der Waals surface area contributed by atoms with E-state index in [-0.39, 0.29) is 10.7 Å². The van der Waals surface area contributed by atoms with Gasteiger partial charge in [-0.2, -0.15) is 0 Å². The molecule has 0 unspecified atom stereocenters. The molecule has 5 heteroatoms. The van der Waals surface area contributed by atoms with Crippen molar-refractivity contribution in [3.8, 4) is 5.88 Å². The fourth-order valence-corrected chi connectivity index (χ4v) is 1.13. The second-order valence-electron chi connectivity index (χ2n) is 2.41. The molecule has 0 aromatic carbocycles. The molecule has 0 amide bonds. The average molecular weight is 216 g/mol. The van der Waals surface area contributed by atoms with E-state index < -0.39 is 5.97 Å². The summed E-state index contributed by atoms with van der Waals surface area (Å²) in [5, 5.41) is 0.0859. The lowest BCUT2D eigenvalue weighted by atomic mass is 10.3. The van der Waals surface area contributed by atoms with Gasteiger partial charge in [0.05, 0.1) is 19.3 Å². The Morgan fingerprint density at radius 1 is 1.57 bits per heavy atom. The fraction of sp³-hybridized carbons (Fsp3) is 0.333. The predicted octanol–water partition coefficient (Wildman–Crippen LogP) is 1.92. The molecule has 1 rings (SSSR count). The maximum absolute atomic E-state index is 11.1. The molecule has 0 saturated heterocycles. The first-order valence-electron chi connectivity index (χ1n) is 4.06. The molecule has 0 saturated carbocycles. The van der Waals surface area contributed by atoms with Crippen LogP contribution in [-0.4, -0.2) is 24.7 Å². The molecule has 4 nitrogen and oxygen atoms in total. The van der Waals surface area contributed by atoms with E-state index in [2.05, 4.69) is 9.72 Å². The maximum atomic E-state index is 11.1. The second-order valence-corrected chi connectivity index (χ2v) is 2.77. The van der Waals surface area contributed by atoms with E-state index in [0.717, 1.165) is 0 Å². The Balaban J connectivity index is 2.95. The standard InChI is InChI=1S/C9H10ClNO3/c1-3-14-7-5-4-6(8(10)11-7)9(12)13-2/h4-5H,3H2,1-2H3. The lowest BCUT2D eigenvalue weighted by Gasteiger charge is -2.04. The third-order valence-electron chi connectivity index (χ3n) is 1.52. The van der Waals surface area contributed by atoms with Crippen LogP contribution in [0.3, 0.4) is 0 Å². The van der Waals surface area contributed by atoms with E-state index in [9.17, 15) is 4.79 Å². The normalized spacial score (nSPS) is 9.64. The van der Waals surface area contributed by atoms with Crippen molar-refractivity contribution in [2.75, 3.05) is 13.7 Å². The summed E-state index contributed by atoms with van der Waals surface area (Å²) in [5.41, 5.74) is 0.234. The minimum Gasteiger partial charge on any atom is -0.478 e. The quantitative estimate of drug-likeness (QED) is 0.571. The summed E-state index contributed by atoms with van der Waals surface area (Å²) >= 11 is 5.75. The third kappa shape index (κ3) is 2.35. The lowest BCUT2D eigenvalue weighted by Crippen LogP contribution is -2.04. The highest BCUT2D eigenvalue weighted by Crippen LogP contribution is 2.18. The van der Waals surface area contributed by atoms with Gasteiger partial charge >= 0.3 is 5.97 Å². The zero-order chi connectivity index (χ0) is 10.6. The molecule has 0 aliphatic rings. The van der Waals surface area contributed by atoms with E-state index >= 15 is 0 Å². The minimum absolute atomic E-state index is 0.0859. The van der Waals surface area contributed by atoms with Crippen LogP contribution >= 0.6 is 11.6 Å². The molecule has 1 aromatic heterocycles. The Labute approximate surface area is 86.8 Å². The minimum atomic E-state index is -0.509. The number of rotatable bonds is 3. The molecule has 76 valence electrons. The number of carbonyl (C=O) groups is 1. The maximum Gasteiger partial charge on any atom is 0.341 e. The van der Waals surface area contributed by atoms with Crippen molar-refractivity contribution in [2.24, 2.45) is 0 Å². The number of carbonyl (C=O) groups excluding carboxylic acids is 1. The zero-order valence-electron chi connectivity index (χ0n) is 7.91. The number of nitrogens with zero attached hydrogens (tertiary/aromatic N) is 1. The molecule has 1 aromatic rings. The SMILES string of the molecule is CCOc1ccc(C(=O)OC)c(Cl)n1. The van der Waals surface area contributed by atoms with Crippen LogP contribution in [-0.2, 0) is 4.74 Å². The van der Waals surface area contributed by atoms with E-state index in [1.165, 1.54) is 13.2 Å². The first-order chi connectivity index (χ1) is 6.69. The van der Waals surface area contributed by atoms with E-state index in [0.29, 0.717) is 12.5 Å². The van der Waals surface area contributed by atoms with Gasteiger partial charge in [-0.05, 0) is 13.0 Å². The molecule has 0 aliphatic carbocycles. The van der Waals surface area contributed by atoms with E-state index in [4.69, 9.17) is 16.3 Å². The molecule has 0 radical (unpaired) electrons. The van der Waals surface area contributed by atoms with Gasteiger partial charge < -0.3 is 9.47 Å². The smallest absolute Gasteiger partial charge is 0.341 e. The largest absolute Gasteiger partial charge is 0.478 e. The Hall–Kier alpha value is -1.29. The number of pyridine rings is 1. The van der Waals surface area contributed by atoms with Crippen molar-refractivity contribution in [3.63, 3.8) is 0 Å². The number of hydrogen-bond donors (Lipinski definition) is 0. The first kappa shape index (κ1) is 10.8. The van der Waals surface area contributed by atoms with Gasteiger partial charge in [-0.15, -0.1) is 0 Å². The Kier molecular flexibility index (Phi) is 3.71. The van der Waals surface area contributed by atoms with Crippen LogP contribution < -0.4 is 4.74 Å². The number of methoxy groups -OCH3 is 1. The predicted molar refractivity (Wildman–Crippen MR) is 51.8 cm³/mol. The van der Waals surface area contributed by atoms with Crippen LogP contribution in [0.4, 0.5) is 0 Å². The van der Waals surface area contributed by atoms with Crippen molar-refractivity contribution in [2.45, 2.75) is 6.92 Å². The fourth-order valence-electron chi connectivity index (χ4n) is 0.908. The van der Waals surface area contributed by atoms with E-state index in [1.54, 1.807) is 6.07 Å². The summed E-state index contributed by atoms with van der Waals surface area (Å²) in [6, 6.07) is 3.09. The van der Waals surface area contributed by atoms with Crippen LogP contribution in [0.15, 0.2) is 12.1 Å². The third-order valence-corrected chi connectivity index (χ3v) is 1.81. The Morgan fingerprint density at radius 3 is 2.79 bits per heavy atom.